The van der Waals surface area contributed by atoms with Gasteiger partial charge in [0.25, 0.3) is 5.91 Å². The van der Waals surface area contributed by atoms with Gasteiger partial charge in [0.15, 0.2) is 0 Å². The number of carbonyl (C=O) groups excluding carboxylic acids is 1. The van der Waals surface area contributed by atoms with Crippen LogP contribution in [0.5, 0.6) is 5.75 Å². The number of nitrogens with one attached hydrogen (secondary N) is 2. The summed E-state index contributed by atoms with van der Waals surface area (Å²) in [4.78, 5) is 16.7. The SMILES string of the molecule is CNS(=O)(=O)c1cccc(CNC(=O)c2ccc(OCc3nccn3C)cc2)c1. The van der Waals surface area contributed by atoms with Crippen LogP contribution in [0.15, 0.2) is 65.8 Å². The molecule has 3 aromatic rings. The van der Waals surface area contributed by atoms with Crippen molar-refractivity contribution in [2.24, 2.45) is 7.05 Å². The first-order valence-electron chi connectivity index (χ1n) is 8.89. The van der Waals surface area contributed by atoms with Crippen molar-refractivity contribution in [3.8, 4) is 5.75 Å². The van der Waals surface area contributed by atoms with Crippen molar-refractivity contribution in [1.29, 1.82) is 0 Å². The summed E-state index contributed by atoms with van der Waals surface area (Å²) in [5, 5.41) is 2.78. The van der Waals surface area contributed by atoms with Crippen LogP contribution in [-0.2, 0) is 30.2 Å². The number of sulfonamides is 1. The summed E-state index contributed by atoms with van der Waals surface area (Å²) in [5.74, 6) is 1.17. The van der Waals surface area contributed by atoms with Gasteiger partial charge >= 0.3 is 0 Å². The van der Waals surface area contributed by atoms with Crippen LogP contribution in [0, 0.1) is 0 Å². The molecule has 0 aliphatic rings. The summed E-state index contributed by atoms with van der Waals surface area (Å²) in [6.07, 6.45) is 3.55. The number of aromatic nitrogens is 2. The van der Waals surface area contributed by atoms with Gasteiger partial charge in [-0.25, -0.2) is 18.1 Å². The Morgan fingerprint density at radius 3 is 2.59 bits per heavy atom. The van der Waals surface area contributed by atoms with E-state index in [1.807, 2.05) is 17.8 Å². The van der Waals surface area contributed by atoms with E-state index in [0.717, 1.165) is 5.82 Å². The van der Waals surface area contributed by atoms with Gasteiger partial charge in [-0.2, -0.15) is 0 Å². The Bertz CT molecular complexity index is 1090. The third-order valence-corrected chi connectivity index (χ3v) is 5.75. The topological polar surface area (TPSA) is 102 Å². The minimum Gasteiger partial charge on any atom is -0.486 e. The van der Waals surface area contributed by atoms with Crippen molar-refractivity contribution >= 4 is 15.9 Å². The second-order valence-electron chi connectivity index (χ2n) is 6.31. The number of carbonyl (C=O) groups is 1. The zero-order chi connectivity index (χ0) is 20.9. The zero-order valence-corrected chi connectivity index (χ0v) is 16.9. The Kier molecular flexibility index (Phi) is 6.30. The van der Waals surface area contributed by atoms with E-state index in [1.165, 1.54) is 19.2 Å². The molecule has 2 aromatic carbocycles. The first-order valence-corrected chi connectivity index (χ1v) is 10.4. The van der Waals surface area contributed by atoms with Crippen LogP contribution in [0.1, 0.15) is 21.7 Å². The highest BCUT2D eigenvalue weighted by Crippen LogP contribution is 2.15. The minimum atomic E-state index is -3.52. The average molecular weight is 414 g/mol. The lowest BCUT2D eigenvalue weighted by molar-refractivity contribution is 0.0951. The van der Waals surface area contributed by atoms with E-state index in [4.69, 9.17) is 4.74 Å². The van der Waals surface area contributed by atoms with E-state index in [9.17, 15) is 13.2 Å². The predicted octanol–water partition coefficient (Wildman–Crippen LogP) is 1.84. The Labute approximate surface area is 169 Å². The molecule has 29 heavy (non-hydrogen) atoms. The van der Waals surface area contributed by atoms with Gasteiger partial charge in [0.1, 0.15) is 18.2 Å². The van der Waals surface area contributed by atoms with E-state index >= 15 is 0 Å². The number of hydrogen-bond donors (Lipinski definition) is 2. The van der Waals surface area contributed by atoms with Crippen LogP contribution in [0.4, 0.5) is 0 Å². The highest BCUT2D eigenvalue weighted by molar-refractivity contribution is 7.89. The molecule has 0 bridgehead atoms. The molecule has 0 aliphatic carbocycles. The fourth-order valence-corrected chi connectivity index (χ4v) is 3.41. The summed E-state index contributed by atoms with van der Waals surface area (Å²) >= 11 is 0. The molecule has 1 amide bonds. The van der Waals surface area contributed by atoms with E-state index in [1.54, 1.807) is 42.6 Å². The Hall–Kier alpha value is -3.17. The maximum absolute atomic E-state index is 12.4. The molecule has 1 heterocycles. The van der Waals surface area contributed by atoms with Gasteiger partial charge in [-0.1, -0.05) is 12.1 Å². The summed E-state index contributed by atoms with van der Waals surface area (Å²) < 4.78 is 33.6. The lowest BCUT2D eigenvalue weighted by Gasteiger charge is -2.09. The van der Waals surface area contributed by atoms with Gasteiger partial charge in [-0.05, 0) is 49.0 Å². The van der Waals surface area contributed by atoms with Crippen LogP contribution < -0.4 is 14.8 Å². The highest BCUT2D eigenvalue weighted by atomic mass is 32.2. The molecule has 0 fully saturated rings. The maximum Gasteiger partial charge on any atom is 0.251 e. The molecule has 9 heteroatoms. The van der Waals surface area contributed by atoms with Crippen molar-refractivity contribution in [3.05, 3.63) is 77.9 Å². The third kappa shape index (κ3) is 5.21. The predicted molar refractivity (Wildman–Crippen MR) is 108 cm³/mol. The van der Waals surface area contributed by atoms with Crippen LogP contribution in [-0.4, -0.2) is 30.9 Å². The normalized spacial score (nSPS) is 11.2. The van der Waals surface area contributed by atoms with Crippen LogP contribution in [0.3, 0.4) is 0 Å². The first-order chi connectivity index (χ1) is 13.9. The van der Waals surface area contributed by atoms with Gasteiger partial charge in [0, 0.05) is 31.5 Å². The largest absolute Gasteiger partial charge is 0.486 e. The molecule has 0 unspecified atom stereocenters. The van der Waals surface area contributed by atoms with Crippen LogP contribution in [0.25, 0.3) is 0 Å². The molecular formula is C20H22N4O4S. The molecule has 0 saturated carbocycles. The molecule has 0 saturated heterocycles. The molecular weight excluding hydrogens is 392 g/mol. The van der Waals surface area contributed by atoms with Crippen molar-refractivity contribution < 1.29 is 17.9 Å². The third-order valence-electron chi connectivity index (χ3n) is 4.34. The van der Waals surface area contributed by atoms with Crippen molar-refractivity contribution in [2.75, 3.05) is 7.05 Å². The number of hydrogen-bond acceptors (Lipinski definition) is 5. The highest BCUT2D eigenvalue weighted by Gasteiger charge is 2.12. The number of rotatable bonds is 8. The summed E-state index contributed by atoms with van der Waals surface area (Å²) in [6, 6.07) is 13.2. The van der Waals surface area contributed by atoms with Gasteiger partial charge in [-0.15, -0.1) is 0 Å². The number of ether oxygens (including phenoxy) is 1. The molecule has 0 radical (unpaired) electrons. The van der Waals surface area contributed by atoms with Crippen LogP contribution in [0.2, 0.25) is 0 Å². The number of nitrogens with zero attached hydrogens (tertiary/aromatic N) is 2. The molecule has 3 rings (SSSR count). The minimum absolute atomic E-state index is 0.154. The number of benzene rings is 2. The van der Waals surface area contributed by atoms with E-state index < -0.39 is 10.0 Å². The van der Waals surface area contributed by atoms with Gasteiger partial charge in [-0.3, -0.25) is 4.79 Å². The van der Waals surface area contributed by atoms with E-state index in [0.29, 0.717) is 23.5 Å². The first kappa shape index (κ1) is 20.6. The fraction of sp³-hybridized carbons (Fsp3) is 0.200. The van der Waals surface area contributed by atoms with Gasteiger partial charge in [0.05, 0.1) is 4.90 Å². The fourth-order valence-electron chi connectivity index (χ4n) is 2.61. The Morgan fingerprint density at radius 1 is 1.17 bits per heavy atom. The molecule has 8 nitrogen and oxygen atoms in total. The standard InChI is InChI=1S/C20H22N4O4S/c1-21-29(26,27)18-5-3-4-15(12-18)13-23-20(25)16-6-8-17(9-7-16)28-14-19-22-10-11-24(19)2/h3-12,21H,13-14H2,1-2H3,(H,23,25). The monoisotopic (exact) mass is 414 g/mol. The molecule has 152 valence electrons. The van der Waals surface area contributed by atoms with Crippen molar-refractivity contribution in [1.82, 2.24) is 19.6 Å². The second-order valence-corrected chi connectivity index (χ2v) is 8.19. The molecule has 2 N–H and O–H groups in total. The Balaban J connectivity index is 1.57. The summed E-state index contributed by atoms with van der Waals surface area (Å²) in [7, 11) is -0.277. The molecule has 0 atom stereocenters. The lowest BCUT2D eigenvalue weighted by Crippen LogP contribution is -2.23. The zero-order valence-electron chi connectivity index (χ0n) is 16.1. The number of amides is 1. The molecule has 0 aliphatic heterocycles. The molecule has 1 aromatic heterocycles. The summed E-state index contributed by atoms with van der Waals surface area (Å²) in [5.41, 5.74) is 1.16. The van der Waals surface area contributed by atoms with Crippen molar-refractivity contribution in [2.45, 2.75) is 18.0 Å². The van der Waals surface area contributed by atoms with Gasteiger partial charge in [0.2, 0.25) is 10.0 Å². The van der Waals surface area contributed by atoms with Crippen LogP contribution >= 0.6 is 0 Å². The van der Waals surface area contributed by atoms with Crippen molar-refractivity contribution in [3.63, 3.8) is 0 Å². The lowest BCUT2D eigenvalue weighted by atomic mass is 10.2. The molecule has 0 spiro atoms. The number of imidazole rings is 1. The smallest absolute Gasteiger partial charge is 0.251 e. The number of aryl methyl sites for hydroxylation is 1. The quantitative estimate of drug-likeness (QED) is 0.586. The second kappa shape index (κ2) is 8.89. The summed E-state index contributed by atoms with van der Waals surface area (Å²) in [6.45, 7) is 0.546. The average Bonchev–Trinajstić information content (AvgIpc) is 3.15. The van der Waals surface area contributed by atoms with E-state index in [-0.39, 0.29) is 17.3 Å². The van der Waals surface area contributed by atoms with Gasteiger partial charge < -0.3 is 14.6 Å². The maximum atomic E-state index is 12.4. The Morgan fingerprint density at radius 2 is 1.93 bits per heavy atom. The van der Waals surface area contributed by atoms with E-state index in [2.05, 4.69) is 15.0 Å².